The number of aromatic nitrogens is 1. The zero-order valence-corrected chi connectivity index (χ0v) is 13.3. The number of thiazole rings is 1. The van der Waals surface area contributed by atoms with Crippen LogP contribution in [0.25, 0.3) is 0 Å². The second-order valence-electron chi connectivity index (χ2n) is 4.21. The van der Waals surface area contributed by atoms with Crippen LogP contribution in [0.1, 0.15) is 11.3 Å². The topological polar surface area (TPSA) is 50.3 Å². The molecule has 114 valence electrons. The number of benzene rings is 1. The lowest BCUT2D eigenvalue weighted by Gasteiger charge is -2.17. The van der Waals surface area contributed by atoms with E-state index in [4.69, 9.17) is 11.6 Å². The van der Waals surface area contributed by atoms with Gasteiger partial charge in [0, 0.05) is 18.0 Å². The van der Waals surface area contributed by atoms with Gasteiger partial charge in [-0.3, -0.25) is 0 Å². The van der Waals surface area contributed by atoms with Crippen LogP contribution in [0.2, 0.25) is 0 Å². The molecule has 0 amide bonds. The summed E-state index contributed by atoms with van der Waals surface area (Å²) >= 11 is 6.78. The summed E-state index contributed by atoms with van der Waals surface area (Å²) in [5.41, 5.74) is 1.66. The molecule has 0 unspecified atom stereocenters. The predicted molar refractivity (Wildman–Crippen MR) is 76.7 cm³/mol. The average molecular weight is 353 g/mol. The molecule has 9 heteroatoms. The summed E-state index contributed by atoms with van der Waals surface area (Å²) in [5.74, 6) is -2.48. The molecule has 1 aromatic heterocycles. The van der Waals surface area contributed by atoms with Crippen molar-refractivity contribution < 1.29 is 17.2 Å². The van der Waals surface area contributed by atoms with Gasteiger partial charge in [-0.2, -0.15) is 4.31 Å². The van der Waals surface area contributed by atoms with Crippen LogP contribution in [0.15, 0.2) is 27.9 Å². The Balaban J connectivity index is 2.40. The van der Waals surface area contributed by atoms with Crippen LogP contribution >= 0.6 is 22.9 Å². The molecule has 4 nitrogen and oxygen atoms in total. The molecule has 0 aliphatic rings. The first kappa shape index (κ1) is 16.3. The average Bonchev–Trinajstić information content (AvgIpc) is 2.91. The molecule has 0 fully saturated rings. The van der Waals surface area contributed by atoms with Crippen molar-refractivity contribution in [2.24, 2.45) is 0 Å². The van der Waals surface area contributed by atoms with E-state index in [2.05, 4.69) is 4.98 Å². The molecule has 0 N–H and O–H groups in total. The minimum absolute atomic E-state index is 0.00113. The molecule has 1 aromatic carbocycles. The zero-order chi connectivity index (χ0) is 15.6. The smallest absolute Gasteiger partial charge is 0.246 e. The van der Waals surface area contributed by atoms with Gasteiger partial charge >= 0.3 is 0 Å². The van der Waals surface area contributed by atoms with Gasteiger partial charge in [-0.15, -0.1) is 22.9 Å². The molecule has 0 saturated carbocycles. The van der Waals surface area contributed by atoms with E-state index < -0.39 is 38.0 Å². The van der Waals surface area contributed by atoms with Crippen molar-refractivity contribution in [3.05, 3.63) is 45.9 Å². The lowest BCUT2D eigenvalue weighted by atomic mass is 10.2. The SMILES string of the molecule is CN(Cc1cscn1)S(=O)(=O)c1ccc(F)c(CCl)c1F. The molecular formula is C12H11ClF2N2O2S2. The number of sulfonamides is 1. The highest BCUT2D eigenvalue weighted by molar-refractivity contribution is 7.89. The third-order valence-corrected chi connectivity index (χ3v) is 5.56. The highest BCUT2D eigenvalue weighted by Gasteiger charge is 2.27. The van der Waals surface area contributed by atoms with Gasteiger partial charge < -0.3 is 0 Å². The molecule has 1 heterocycles. The normalized spacial score (nSPS) is 12.0. The monoisotopic (exact) mass is 352 g/mol. The van der Waals surface area contributed by atoms with Crippen molar-refractivity contribution in [2.75, 3.05) is 7.05 Å². The molecule has 0 spiro atoms. The second-order valence-corrected chi connectivity index (χ2v) is 7.21. The number of hydrogen-bond acceptors (Lipinski definition) is 4. The maximum Gasteiger partial charge on any atom is 0.246 e. The van der Waals surface area contributed by atoms with E-state index in [9.17, 15) is 17.2 Å². The maximum absolute atomic E-state index is 14.1. The van der Waals surface area contributed by atoms with Crippen LogP contribution in [0.3, 0.4) is 0 Å². The summed E-state index contributed by atoms with van der Waals surface area (Å²) in [7, 11) is -2.79. The second kappa shape index (κ2) is 6.35. The Labute approximate surface area is 130 Å². The number of nitrogens with zero attached hydrogens (tertiary/aromatic N) is 2. The summed E-state index contributed by atoms with van der Waals surface area (Å²) in [6.45, 7) is -0.00113. The number of rotatable bonds is 5. The molecule has 0 aliphatic heterocycles. The van der Waals surface area contributed by atoms with Gasteiger partial charge in [-0.05, 0) is 12.1 Å². The molecular weight excluding hydrogens is 342 g/mol. The maximum atomic E-state index is 14.1. The molecule has 0 aliphatic carbocycles. The van der Waals surface area contributed by atoms with Crippen molar-refractivity contribution in [3.63, 3.8) is 0 Å². The molecule has 2 aromatic rings. The first-order chi connectivity index (χ1) is 9.87. The van der Waals surface area contributed by atoms with Gasteiger partial charge in [0.25, 0.3) is 0 Å². The third kappa shape index (κ3) is 3.23. The van der Waals surface area contributed by atoms with E-state index in [1.165, 1.54) is 18.4 Å². The Morgan fingerprint density at radius 3 is 2.67 bits per heavy atom. The van der Waals surface area contributed by atoms with Gasteiger partial charge in [0.15, 0.2) is 5.82 Å². The lowest BCUT2D eigenvalue weighted by molar-refractivity contribution is 0.454. The van der Waals surface area contributed by atoms with Gasteiger partial charge in [-0.25, -0.2) is 22.2 Å². The van der Waals surface area contributed by atoms with E-state index in [0.717, 1.165) is 16.4 Å². The summed E-state index contributed by atoms with van der Waals surface area (Å²) in [6, 6.07) is 1.79. The van der Waals surface area contributed by atoms with Crippen LogP contribution in [0.4, 0.5) is 8.78 Å². The van der Waals surface area contributed by atoms with Crippen molar-refractivity contribution in [1.29, 1.82) is 0 Å². The van der Waals surface area contributed by atoms with E-state index >= 15 is 0 Å². The molecule has 0 atom stereocenters. The van der Waals surface area contributed by atoms with Crippen LogP contribution < -0.4 is 0 Å². The van der Waals surface area contributed by atoms with Crippen molar-refractivity contribution >= 4 is 33.0 Å². The molecule has 0 saturated heterocycles. The van der Waals surface area contributed by atoms with Crippen molar-refractivity contribution in [1.82, 2.24) is 9.29 Å². The van der Waals surface area contributed by atoms with Crippen molar-refractivity contribution in [2.45, 2.75) is 17.3 Å². The van der Waals surface area contributed by atoms with Crippen LogP contribution in [-0.4, -0.2) is 24.8 Å². The largest absolute Gasteiger partial charge is 0.248 e. The Bertz CT molecular complexity index is 736. The van der Waals surface area contributed by atoms with E-state index in [1.54, 1.807) is 10.9 Å². The van der Waals surface area contributed by atoms with Crippen LogP contribution in [0, 0.1) is 11.6 Å². The standard InChI is InChI=1S/C12H11ClF2N2O2S2/c1-17(5-8-6-20-7-16-8)21(18,19)11-3-2-10(14)9(4-13)12(11)15/h2-3,6-7H,4-5H2,1H3. The summed E-state index contributed by atoms with van der Waals surface area (Å²) < 4.78 is 53.2. The fourth-order valence-corrected chi connectivity index (χ4v) is 3.72. The quantitative estimate of drug-likeness (QED) is 0.777. The van der Waals surface area contributed by atoms with E-state index in [0.29, 0.717) is 5.69 Å². The van der Waals surface area contributed by atoms with Gasteiger partial charge in [0.2, 0.25) is 10.0 Å². The fourth-order valence-electron chi connectivity index (χ4n) is 1.69. The first-order valence-electron chi connectivity index (χ1n) is 5.74. The van der Waals surface area contributed by atoms with Gasteiger partial charge in [0.05, 0.1) is 23.6 Å². The Kier molecular flexibility index (Phi) is 4.92. The first-order valence-corrected chi connectivity index (χ1v) is 8.66. The minimum Gasteiger partial charge on any atom is -0.248 e. The summed E-state index contributed by atoms with van der Waals surface area (Å²) in [5, 5.41) is 1.69. The Morgan fingerprint density at radius 2 is 2.10 bits per heavy atom. The molecule has 21 heavy (non-hydrogen) atoms. The fraction of sp³-hybridized carbons (Fsp3) is 0.250. The number of alkyl halides is 1. The van der Waals surface area contributed by atoms with Gasteiger partial charge in [-0.1, -0.05) is 0 Å². The van der Waals surface area contributed by atoms with Gasteiger partial charge in [0.1, 0.15) is 10.7 Å². The van der Waals surface area contributed by atoms with Crippen molar-refractivity contribution in [3.8, 4) is 0 Å². The third-order valence-electron chi connectivity index (χ3n) is 2.84. The highest BCUT2D eigenvalue weighted by atomic mass is 35.5. The Hall–Kier alpha value is -1.09. The Morgan fingerprint density at radius 1 is 1.38 bits per heavy atom. The zero-order valence-electron chi connectivity index (χ0n) is 10.9. The van der Waals surface area contributed by atoms with Crippen LogP contribution in [0.5, 0.6) is 0 Å². The van der Waals surface area contributed by atoms with E-state index in [1.807, 2.05) is 0 Å². The number of halogens is 3. The highest BCUT2D eigenvalue weighted by Crippen LogP contribution is 2.25. The predicted octanol–water partition coefficient (Wildman–Crippen LogP) is 2.98. The molecule has 0 radical (unpaired) electrons. The summed E-state index contributed by atoms with van der Waals surface area (Å²) in [6.07, 6.45) is 0. The molecule has 2 rings (SSSR count). The van der Waals surface area contributed by atoms with Crippen LogP contribution in [-0.2, 0) is 22.4 Å². The van der Waals surface area contributed by atoms with E-state index in [-0.39, 0.29) is 6.54 Å². The molecule has 0 bridgehead atoms. The summed E-state index contributed by atoms with van der Waals surface area (Å²) in [4.78, 5) is 3.37. The lowest BCUT2D eigenvalue weighted by Crippen LogP contribution is -2.27. The number of hydrogen-bond donors (Lipinski definition) is 0. The minimum atomic E-state index is -4.10.